The second-order valence-corrected chi connectivity index (χ2v) is 4.58. The summed E-state index contributed by atoms with van der Waals surface area (Å²) >= 11 is 0. The summed E-state index contributed by atoms with van der Waals surface area (Å²) in [5.74, 6) is 0.361. The van der Waals surface area contributed by atoms with Crippen molar-refractivity contribution in [1.82, 2.24) is 0 Å². The highest BCUT2D eigenvalue weighted by Crippen LogP contribution is 2.34. The molecule has 1 unspecified atom stereocenters. The van der Waals surface area contributed by atoms with Crippen LogP contribution in [0.3, 0.4) is 0 Å². The molecule has 0 saturated heterocycles. The first-order valence-corrected chi connectivity index (χ1v) is 6.12. The average Bonchev–Trinajstić information content (AvgIpc) is 2.41. The summed E-state index contributed by atoms with van der Waals surface area (Å²) in [4.78, 5) is 0. The number of halogens is 1. The largest absolute Gasteiger partial charge is 0.496 e. The molecule has 0 aliphatic rings. The van der Waals surface area contributed by atoms with Crippen LogP contribution in [0.2, 0.25) is 0 Å². The van der Waals surface area contributed by atoms with Crippen LogP contribution in [0.15, 0.2) is 36.4 Å². The fourth-order valence-corrected chi connectivity index (χ4v) is 2.12. The lowest BCUT2D eigenvalue weighted by atomic mass is 9.96. The summed E-state index contributed by atoms with van der Waals surface area (Å²) in [5.41, 5.74) is 3.44. The molecular formula is C16H17FO2. The van der Waals surface area contributed by atoms with E-state index in [1.54, 1.807) is 19.2 Å². The molecule has 0 saturated carbocycles. The highest BCUT2D eigenvalue weighted by molar-refractivity contribution is 5.48. The highest BCUT2D eigenvalue weighted by Gasteiger charge is 2.17. The SMILES string of the molecule is COc1c(C(O)c2ccc(F)cc2)ccc(C)c1C. The minimum Gasteiger partial charge on any atom is -0.496 e. The van der Waals surface area contributed by atoms with Crippen molar-refractivity contribution in [3.05, 3.63) is 64.5 Å². The minimum atomic E-state index is -0.824. The third kappa shape index (κ3) is 2.61. The Labute approximate surface area is 112 Å². The summed E-state index contributed by atoms with van der Waals surface area (Å²) < 4.78 is 18.3. The minimum absolute atomic E-state index is 0.317. The standard InChI is InChI=1S/C16H17FO2/c1-10-4-9-14(16(19-3)11(10)2)15(18)12-5-7-13(17)8-6-12/h4-9,15,18H,1-3H3. The van der Waals surface area contributed by atoms with Crippen LogP contribution in [0.5, 0.6) is 5.75 Å². The Bertz CT molecular complexity index is 576. The van der Waals surface area contributed by atoms with Gasteiger partial charge in [0.2, 0.25) is 0 Å². The molecule has 0 radical (unpaired) electrons. The Hall–Kier alpha value is -1.87. The van der Waals surface area contributed by atoms with Crippen LogP contribution in [-0.2, 0) is 0 Å². The first kappa shape index (κ1) is 13.6. The van der Waals surface area contributed by atoms with E-state index in [4.69, 9.17) is 4.74 Å². The van der Waals surface area contributed by atoms with Gasteiger partial charge < -0.3 is 9.84 Å². The zero-order chi connectivity index (χ0) is 14.0. The van der Waals surface area contributed by atoms with E-state index in [-0.39, 0.29) is 5.82 Å². The van der Waals surface area contributed by atoms with E-state index in [1.807, 2.05) is 26.0 Å². The average molecular weight is 260 g/mol. The van der Waals surface area contributed by atoms with E-state index in [0.29, 0.717) is 16.9 Å². The number of hydrogen-bond donors (Lipinski definition) is 1. The molecule has 3 heteroatoms. The lowest BCUT2D eigenvalue weighted by Gasteiger charge is -2.18. The molecule has 0 spiro atoms. The van der Waals surface area contributed by atoms with Crippen LogP contribution in [0.1, 0.15) is 28.4 Å². The van der Waals surface area contributed by atoms with Gasteiger partial charge in [0.15, 0.2) is 0 Å². The number of aliphatic hydroxyl groups excluding tert-OH is 1. The number of hydrogen-bond acceptors (Lipinski definition) is 2. The molecule has 2 aromatic carbocycles. The molecule has 0 aliphatic heterocycles. The molecule has 1 atom stereocenters. The predicted molar refractivity (Wildman–Crippen MR) is 72.9 cm³/mol. The van der Waals surface area contributed by atoms with E-state index in [1.165, 1.54) is 12.1 Å². The lowest BCUT2D eigenvalue weighted by molar-refractivity contribution is 0.214. The molecule has 2 rings (SSSR count). The van der Waals surface area contributed by atoms with Crippen molar-refractivity contribution in [2.24, 2.45) is 0 Å². The van der Waals surface area contributed by atoms with Crippen molar-refractivity contribution in [1.29, 1.82) is 0 Å². The summed E-state index contributed by atoms with van der Waals surface area (Å²) in [5, 5.41) is 10.4. The third-order valence-electron chi connectivity index (χ3n) is 3.39. The fourth-order valence-electron chi connectivity index (χ4n) is 2.12. The number of aryl methyl sites for hydroxylation is 1. The number of methoxy groups -OCH3 is 1. The molecule has 0 fully saturated rings. The molecular weight excluding hydrogens is 243 g/mol. The second kappa shape index (κ2) is 5.41. The van der Waals surface area contributed by atoms with Gasteiger partial charge in [0.05, 0.1) is 7.11 Å². The van der Waals surface area contributed by atoms with Crippen molar-refractivity contribution in [2.75, 3.05) is 7.11 Å². The number of benzene rings is 2. The van der Waals surface area contributed by atoms with Gasteiger partial charge in [-0.05, 0) is 42.7 Å². The second-order valence-electron chi connectivity index (χ2n) is 4.58. The van der Waals surface area contributed by atoms with Gasteiger partial charge in [-0.2, -0.15) is 0 Å². The van der Waals surface area contributed by atoms with Gasteiger partial charge in [0.1, 0.15) is 17.7 Å². The fraction of sp³-hybridized carbons (Fsp3) is 0.250. The maximum atomic E-state index is 12.9. The Morgan fingerprint density at radius 3 is 2.26 bits per heavy atom. The van der Waals surface area contributed by atoms with Gasteiger partial charge in [-0.25, -0.2) is 4.39 Å². The Balaban J connectivity index is 2.46. The van der Waals surface area contributed by atoms with Crippen molar-refractivity contribution in [2.45, 2.75) is 20.0 Å². The first-order valence-electron chi connectivity index (χ1n) is 6.12. The monoisotopic (exact) mass is 260 g/mol. The van der Waals surface area contributed by atoms with Crippen LogP contribution in [0.4, 0.5) is 4.39 Å². The topological polar surface area (TPSA) is 29.5 Å². The lowest BCUT2D eigenvalue weighted by Crippen LogP contribution is -2.04. The van der Waals surface area contributed by atoms with Crippen LogP contribution in [0, 0.1) is 19.7 Å². The number of ether oxygens (including phenoxy) is 1. The van der Waals surface area contributed by atoms with Crippen molar-refractivity contribution in [3.8, 4) is 5.75 Å². The maximum Gasteiger partial charge on any atom is 0.128 e. The molecule has 0 aromatic heterocycles. The molecule has 2 nitrogen and oxygen atoms in total. The Morgan fingerprint density at radius 1 is 1.05 bits per heavy atom. The van der Waals surface area contributed by atoms with E-state index in [9.17, 15) is 9.50 Å². The molecule has 100 valence electrons. The maximum absolute atomic E-state index is 12.9. The van der Waals surface area contributed by atoms with Gasteiger partial charge >= 0.3 is 0 Å². The van der Waals surface area contributed by atoms with E-state index in [2.05, 4.69) is 0 Å². The van der Waals surface area contributed by atoms with E-state index < -0.39 is 6.10 Å². The third-order valence-corrected chi connectivity index (χ3v) is 3.39. The zero-order valence-electron chi connectivity index (χ0n) is 11.3. The van der Waals surface area contributed by atoms with Crippen LogP contribution >= 0.6 is 0 Å². The van der Waals surface area contributed by atoms with Crippen molar-refractivity contribution >= 4 is 0 Å². The van der Waals surface area contributed by atoms with Gasteiger partial charge in [-0.1, -0.05) is 24.3 Å². The van der Waals surface area contributed by atoms with Gasteiger partial charge in [-0.3, -0.25) is 0 Å². The molecule has 2 aromatic rings. The number of aliphatic hydroxyl groups is 1. The first-order chi connectivity index (χ1) is 9.04. The zero-order valence-corrected chi connectivity index (χ0v) is 11.3. The molecule has 1 N–H and O–H groups in total. The smallest absolute Gasteiger partial charge is 0.128 e. The number of rotatable bonds is 3. The van der Waals surface area contributed by atoms with Crippen LogP contribution < -0.4 is 4.74 Å². The molecule has 0 aliphatic carbocycles. The van der Waals surface area contributed by atoms with Gasteiger partial charge in [-0.15, -0.1) is 0 Å². The summed E-state index contributed by atoms with van der Waals surface area (Å²) in [6.45, 7) is 3.95. The van der Waals surface area contributed by atoms with Gasteiger partial charge in [0.25, 0.3) is 0 Å². The van der Waals surface area contributed by atoms with Crippen LogP contribution in [0.25, 0.3) is 0 Å². The molecule has 0 bridgehead atoms. The normalized spacial score (nSPS) is 12.3. The Morgan fingerprint density at radius 2 is 1.68 bits per heavy atom. The van der Waals surface area contributed by atoms with E-state index >= 15 is 0 Å². The Kier molecular flexibility index (Phi) is 3.86. The summed E-state index contributed by atoms with van der Waals surface area (Å²) in [6, 6.07) is 9.62. The summed E-state index contributed by atoms with van der Waals surface area (Å²) in [7, 11) is 1.59. The summed E-state index contributed by atoms with van der Waals surface area (Å²) in [6.07, 6.45) is -0.824. The van der Waals surface area contributed by atoms with E-state index in [0.717, 1.165) is 11.1 Å². The molecule has 0 heterocycles. The molecule has 0 amide bonds. The highest BCUT2D eigenvalue weighted by atomic mass is 19.1. The van der Waals surface area contributed by atoms with Crippen molar-refractivity contribution in [3.63, 3.8) is 0 Å². The van der Waals surface area contributed by atoms with Crippen molar-refractivity contribution < 1.29 is 14.2 Å². The molecule has 19 heavy (non-hydrogen) atoms. The predicted octanol–water partition coefficient (Wildman–Crippen LogP) is 3.53. The van der Waals surface area contributed by atoms with Gasteiger partial charge in [0, 0.05) is 5.56 Å². The van der Waals surface area contributed by atoms with Crippen LogP contribution in [-0.4, -0.2) is 12.2 Å². The quantitative estimate of drug-likeness (QED) is 0.914.